The first-order valence-corrected chi connectivity index (χ1v) is 7.74. The molecule has 21 heavy (non-hydrogen) atoms. The molecule has 0 saturated heterocycles. The van der Waals surface area contributed by atoms with Crippen molar-refractivity contribution in [2.45, 2.75) is 30.9 Å². The highest BCUT2D eigenvalue weighted by Gasteiger charge is 2.51. The van der Waals surface area contributed by atoms with Crippen LogP contribution in [0.2, 0.25) is 5.02 Å². The monoisotopic (exact) mass is 326 g/mol. The van der Waals surface area contributed by atoms with E-state index in [0.717, 1.165) is 6.42 Å². The van der Waals surface area contributed by atoms with Crippen LogP contribution in [-0.2, 0) is 4.79 Å². The van der Waals surface area contributed by atoms with Gasteiger partial charge in [0.25, 0.3) is 5.24 Å². The number of nitrogens with two attached hydrogens (primary N) is 1. The van der Waals surface area contributed by atoms with Crippen molar-refractivity contribution in [1.29, 1.82) is 0 Å². The molecule has 7 heteroatoms. The molecule has 1 aromatic rings. The number of thioether (sulfide) groups is 1. The summed E-state index contributed by atoms with van der Waals surface area (Å²) in [5.41, 5.74) is 5.94. The number of halogens is 1. The highest BCUT2D eigenvalue weighted by Crippen LogP contribution is 2.41. The maximum atomic E-state index is 12.8. The third-order valence-electron chi connectivity index (χ3n) is 3.37. The Kier molecular flexibility index (Phi) is 4.58. The lowest BCUT2D eigenvalue weighted by molar-refractivity contribution is -0.117. The summed E-state index contributed by atoms with van der Waals surface area (Å²) in [5, 5.41) is 2.32. The molecule has 112 valence electrons. The van der Waals surface area contributed by atoms with Crippen LogP contribution in [0.4, 0.5) is 10.5 Å². The Bertz CT molecular complexity index is 620. The van der Waals surface area contributed by atoms with Crippen LogP contribution in [0.5, 0.6) is 0 Å². The summed E-state index contributed by atoms with van der Waals surface area (Å²) in [4.78, 5) is 36.5. The van der Waals surface area contributed by atoms with E-state index in [1.54, 1.807) is 12.1 Å². The fourth-order valence-electron chi connectivity index (χ4n) is 2.33. The van der Waals surface area contributed by atoms with E-state index < -0.39 is 21.7 Å². The number of unbranched alkanes of at least 4 members (excludes halogenated alkanes) is 1. The fourth-order valence-corrected chi connectivity index (χ4v) is 3.43. The molecule has 1 aliphatic rings. The second kappa shape index (κ2) is 6.07. The molecule has 1 aromatic carbocycles. The Hall–Kier alpha value is -1.53. The molecule has 2 rings (SSSR count). The maximum absolute atomic E-state index is 12.8. The van der Waals surface area contributed by atoms with Gasteiger partial charge in [-0.2, -0.15) is 0 Å². The summed E-state index contributed by atoms with van der Waals surface area (Å²) in [6.07, 6.45) is 1.69. The van der Waals surface area contributed by atoms with E-state index >= 15 is 0 Å². The number of amides is 2. The predicted octanol–water partition coefficient (Wildman–Crippen LogP) is 3.22. The highest BCUT2D eigenvalue weighted by atomic mass is 35.5. The van der Waals surface area contributed by atoms with Crippen molar-refractivity contribution >= 4 is 46.0 Å². The molecule has 1 heterocycles. The Morgan fingerprint density at radius 3 is 2.76 bits per heavy atom. The van der Waals surface area contributed by atoms with Gasteiger partial charge in [0.2, 0.25) is 5.91 Å². The van der Waals surface area contributed by atoms with E-state index in [9.17, 15) is 14.4 Å². The standard InChI is InChI=1S/C14H15ClN2O3S/c1-2-3-6-14(21-13(16)20)11(18)9-7-8(15)4-5-10(9)17-12(14)19/h4-5,7H,2-3,6H2,1H3,(H2,16,20)(H,17,19). The zero-order valence-corrected chi connectivity index (χ0v) is 13.0. The Morgan fingerprint density at radius 1 is 1.43 bits per heavy atom. The number of hydrogen-bond donors (Lipinski definition) is 2. The first-order chi connectivity index (χ1) is 9.90. The van der Waals surface area contributed by atoms with Crippen LogP contribution in [0.15, 0.2) is 18.2 Å². The number of anilines is 1. The molecule has 0 radical (unpaired) electrons. The van der Waals surface area contributed by atoms with Gasteiger partial charge in [-0.25, -0.2) is 0 Å². The van der Waals surface area contributed by atoms with Crippen LogP contribution in [0, 0.1) is 0 Å². The highest BCUT2D eigenvalue weighted by molar-refractivity contribution is 8.16. The van der Waals surface area contributed by atoms with Gasteiger partial charge in [-0.1, -0.05) is 31.4 Å². The number of Topliss-reactive ketones (excluding diaryl/α,β-unsaturated/α-hetero) is 1. The van der Waals surface area contributed by atoms with Gasteiger partial charge in [0.05, 0.1) is 5.69 Å². The predicted molar refractivity (Wildman–Crippen MR) is 83.8 cm³/mol. The van der Waals surface area contributed by atoms with Gasteiger partial charge in [0, 0.05) is 10.6 Å². The van der Waals surface area contributed by atoms with E-state index in [4.69, 9.17) is 17.3 Å². The molecule has 1 atom stereocenters. The van der Waals surface area contributed by atoms with Crippen molar-refractivity contribution in [1.82, 2.24) is 0 Å². The summed E-state index contributed by atoms with van der Waals surface area (Å²) in [7, 11) is 0. The fraction of sp³-hybridized carbons (Fsp3) is 0.357. The first-order valence-electron chi connectivity index (χ1n) is 6.55. The molecule has 0 aromatic heterocycles. The lowest BCUT2D eigenvalue weighted by Gasteiger charge is -2.33. The minimum atomic E-state index is -1.50. The number of primary amides is 1. The van der Waals surface area contributed by atoms with Crippen molar-refractivity contribution in [3.05, 3.63) is 28.8 Å². The van der Waals surface area contributed by atoms with E-state index in [0.29, 0.717) is 34.5 Å². The molecule has 0 spiro atoms. The van der Waals surface area contributed by atoms with Crippen LogP contribution < -0.4 is 11.1 Å². The van der Waals surface area contributed by atoms with E-state index in [1.165, 1.54) is 6.07 Å². The molecule has 0 bridgehead atoms. The largest absolute Gasteiger partial charge is 0.360 e. The molecule has 1 unspecified atom stereocenters. The number of fused-ring (bicyclic) bond motifs is 1. The third-order valence-corrected chi connectivity index (χ3v) is 4.72. The lowest BCUT2D eigenvalue weighted by Crippen LogP contribution is -2.51. The van der Waals surface area contributed by atoms with Gasteiger partial charge in [0.1, 0.15) is 0 Å². The molecule has 3 N–H and O–H groups in total. The zero-order chi connectivity index (χ0) is 15.6. The average molecular weight is 327 g/mol. The number of rotatable bonds is 4. The average Bonchev–Trinajstić information content (AvgIpc) is 2.42. The Morgan fingerprint density at radius 2 is 2.14 bits per heavy atom. The molecule has 5 nitrogen and oxygen atoms in total. The van der Waals surface area contributed by atoms with Crippen molar-refractivity contribution < 1.29 is 14.4 Å². The number of hydrogen-bond acceptors (Lipinski definition) is 4. The molecular formula is C14H15ClN2O3S. The van der Waals surface area contributed by atoms with Crippen molar-refractivity contribution in [3.63, 3.8) is 0 Å². The normalized spacial score (nSPS) is 20.9. The maximum Gasteiger partial charge on any atom is 0.277 e. The molecule has 2 amide bonds. The van der Waals surface area contributed by atoms with Crippen LogP contribution in [0.25, 0.3) is 0 Å². The van der Waals surface area contributed by atoms with Gasteiger partial charge in [-0.15, -0.1) is 0 Å². The third kappa shape index (κ3) is 2.91. The summed E-state index contributed by atoms with van der Waals surface area (Å²) in [6.45, 7) is 1.94. The minimum absolute atomic E-state index is 0.258. The second-order valence-electron chi connectivity index (χ2n) is 4.82. The van der Waals surface area contributed by atoms with Crippen molar-refractivity contribution in [2.24, 2.45) is 5.73 Å². The second-order valence-corrected chi connectivity index (χ2v) is 6.56. The van der Waals surface area contributed by atoms with Gasteiger partial charge in [-0.3, -0.25) is 14.4 Å². The van der Waals surface area contributed by atoms with Gasteiger partial charge in [-0.05, 0) is 36.4 Å². The topological polar surface area (TPSA) is 89.3 Å². The number of ketones is 1. The number of carbonyl (C=O) groups excluding carboxylic acids is 3. The van der Waals surface area contributed by atoms with Crippen molar-refractivity contribution in [3.8, 4) is 0 Å². The minimum Gasteiger partial charge on any atom is -0.360 e. The van der Waals surface area contributed by atoms with Crippen LogP contribution in [0.3, 0.4) is 0 Å². The number of carbonyl (C=O) groups is 3. The quantitative estimate of drug-likeness (QED) is 0.831. The van der Waals surface area contributed by atoms with Gasteiger partial charge < -0.3 is 11.1 Å². The van der Waals surface area contributed by atoms with Crippen LogP contribution >= 0.6 is 23.4 Å². The van der Waals surface area contributed by atoms with E-state index in [-0.39, 0.29) is 6.42 Å². The van der Waals surface area contributed by atoms with E-state index in [1.807, 2.05) is 6.92 Å². The smallest absolute Gasteiger partial charge is 0.277 e. The number of benzene rings is 1. The SMILES string of the molecule is CCCCC1(SC(N)=O)C(=O)Nc2ccc(Cl)cc2C1=O. The number of nitrogens with one attached hydrogen (secondary N) is 1. The summed E-state index contributed by atoms with van der Waals surface area (Å²) in [6, 6.07) is 4.67. The van der Waals surface area contributed by atoms with Crippen molar-refractivity contribution in [2.75, 3.05) is 5.32 Å². The Labute approximate surface area is 131 Å². The summed E-state index contributed by atoms with van der Waals surface area (Å²) in [5.74, 6) is -0.916. The molecule has 0 fully saturated rings. The van der Waals surface area contributed by atoms with Gasteiger partial charge in [0.15, 0.2) is 10.5 Å². The zero-order valence-electron chi connectivity index (χ0n) is 11.4. The lowest BCUT2D eigenvalue weighted by atomic mass is 9.87. The summed E-state index contributed by atoms with van der Waals surface area (Å²) >= 11 is 6.50. The summed E-state index contributed by atoms with van der Waals surface area (Å²) < 4.78 is -1.50. The Balaban J connectivity index is 2.51. The molecule has 1 aliphatic heterocycles. The van der Waals surface area contributed by atoms with Crippen LogP contribution in [0.1, 0.15) is 36.5 Å². The van der Waals surface area contributed by atoms with Crippen LogP contribution in [-0.4, -0.2) is 21.7 Å². The molecule has 0 saturated carbocycles. The first kappa shape index (κ1) is 15.9. The van der Waals surface area contributed by atoms with E-state index in [2.05, 4.69) is 5.32 Å². The molecule has 0 aliphatic carbocycles. The van der Waals surface area contributed by atoms with Gasteiger partial charge >= 0.3 is 0 Å². The molecular weight excluding hydrogens is 312 g/mol.